The number of nitrogens with zero attached hydrogens (tertiary/aromatic N) is 3. The number of piperidine rings is 1. The lowest BCUT2D eigenvalue weighted by Gasteiger charge is -2.33. The van der Waals surface area contributed by atoms with E-state index in [1.807, 2.05) is 18.3 Å². The molecule has 22 heavy (non-hydrogen) atoms. The molecule has 0 saturated carbocycles. The average molecular weight is 297 g/mol. The molecule has 1 N–H and O–H groups in total. The molecule has 0 unspecified atom stereocenters. The van der Waals surface area contributed by atoms with Crippen LogP contribution in [0, 0.1) is 5.92 Å². The Labute approximate surface area is 129 Å². The molecule has 0 radical (unpaired) electrons. The molecule has 1 fully saturated rings. The molecule has 0 aliphatic carbocycles. The second-order valence-corrected chi connectivity index (χ2v) is 5.68. The summed E-state index contributed by atoms with van der Waals surface area (Å²) in [5.41, 5.74) is 1.39. The van der Waals surface area contributed by atoms with E-state index in [1.54, 1.807) is 12.3 Å². The first kappa shape index (κ1) is 14.5. The summed E-state index contributed by atoms with van der Waals surface area (Å²) in [7, 11) is 0. The van der Waals surface area contributed by atoms with E-state index in [9.17, 15) is 4.79 Å². The zero-order valence-electron chi connectivity index (χ0n) is 12.4. The Morgan fingerprint density at radius 3 is 2.73 bits per heavy atom. The highest BCUT2D eigenvalue weighted by atomic mass is 16.4. The predicted octanol–water partition coefficient (Wildman–Crippen LogP) is 2.63. The van der Waals surface area contributed by atoms with Crippen molar-refractivity contribution >= 4 is 11.8 Å². The third-order valence-corrected chi connectivity index (χ3v) is 4.14. The number of carbonyl (C=O) groups is 1. The summed E-state index contributed by atoms with van der Waals surface area (Å²) in [6, 6.07) is 9.27. The number of pyridine rings is 2. The highest BCUT2D eigenvalue weighted by Gasteiger charge is 2.21. The molecular weight excluding hydrogens is 278 g/mol. The van der Waals surface area contributed by atoms with E-state index in [4.69, 9.17) is 5.11 Å². The molecule has 3 rings (SSSR count). The SMILES string of the molecule is O=C(O)c1cccc(N2CCC(Cc3cccnc3)CC2)n1. The maximum Gasteiger partial charge on any atom is 0.354 e. The van der Waals surface area contributed by atoms with Crippen LogP contribution in [0.1, 0.15) is 28.9 Å². The highest BCUT2D eigenvalue weighted by molar-refractivity contribution is 5.85. The van der Waals surface area contributed by atoms with Crippen LogP contribution < -0.4 is 4.90 Å². The van der Waals surface area contributed by atoms with Crippen molar-refractivity contribution in [3.8, 4) is 0 Å². The van der Waals surface area contributed by atoms with E-state index >= 15 is 0 Å². The number of carboxylic acid groups (broad SMARTS) is 1. The van der Waals surface area contributed by atoms with Crippen molar-refractivity contribution in [1.82, 2.24) is 9.97 Å². The normalized spacial score (nSPS) is 15.7. The minimum Gasteiger partial charge on any atom is -0.477 e. The van der Waals surface area contributed by atoms with Gasteiger partial charge in [-0.25, -0.2) is 9.78 Å². The first-order valence-corrected chi connectivity index (χ1v) is 7.56. The lowest BCUT2D eigenvalue weighted by atomic mass is 9.91. The molecule has 0 aromatic carbocycles. The number of rotatable bonds is 4. The number of carboxylic acids is 1. The van der Waals surface area contributed by atoms with Crippen molar-refractivity contribution < 1.29 is 9.90 Å². The van der Waals surface area contributed by atoms with E-state index in [-0.39, 0.29) is 5.69 Å². The Bertz CT molecular complexity index is 637. The van der Waals surface area contributed by atoms with Gasteiger partial charge in [0.1, 0.15) is 5.82 Å². The summed E-state index contributed by atoms with van der Waals surface area (Å²) in [6.45, 7) is 1.84. The van der Waals surface area contributed by atoms with Gasteiger partial charge in [0, 0.05) is 25.5 Å². The minimum atomic E-state index is -0.978. The third kappa shape index (κ3) is 3.42. The maximum atomic E-state index is 11.0. The van der Waals surface area contributed by atoms with Crippen LogP contribution in [0.5, 0.6) is 0 Å². The lowest BCUT2D eigenvalue weighted by Crippen LogP contribution is -2.35. The molecule has 2 aromatic heterocycles. The Hall–Kier alpha value is -2.43. The molecule has 5 nitrogen and oxygen atoms in total. The minimum absolute atomic E-state index is 0.106. The lowest BCUT2D eigenvalue weighted by molar-refractivity contribution is 0.0690. The van der Waals surface area contributed by atoms with Crippen LogP contribution in [0.3, 0.4) is 0 Å². The molecule has 5 heteroatoms. The number of hydrogen-bond donors (Lipinski definition) is 1. The molecule has 1 aliphatic rings. The zero-order chi connectivity index (χ0) is 15.4. The standard InChI is InChI=1S/C17H19N3O2/c21-17(22)15-4-1-5-16(19-15)20-9-6-13(7-10-20)11-14-3-2-8-18-12-14/h1-5,8,12-13H,6-7,9-11H2,(H,21,22). The van der Waals surface area contributed by atoms with Crippen molar-refractivity contribution in [1.29, 1.82) is 0 Å². The van der Waals surface area contributed by atoms with Gasteiger partial charge in [-0.3, -0.25) is 4.98 Å². The Morgan fingerprint density at radius 1 is 1.23 bits per heavy atom. The molecule has 3 heterocycles. The van der Waals surface area contributed by atoms with E-state index in [2.05, 4.69) is 20.9 Å². The summed E-state index contributed by atoms with van der Waals surface area (Å²) in [4.78, 5) is 21.6. The van der Waals surface area contributed by atoms with E-state index < -0.39 is 5.97 Å². The maximum absolute atomic E-state index is 11.0. The fraction of sp³-hybridized carbons (Fsp3) is 0.353. The van der Waals surface area contributed by atoms with Crippen molar-refractivity contribution in [2.24, 2.45) is 5.92 Å². The number of anilines is 1. The molecule has 114 valence electrons. The predicted molar refractivity (Wildman–Crippen MR) is 84.1 cm³/mol. The summed E-state index contributed by atoms with van der Waals surface area (Å²) >= 11 is 0. The van der Waals surface area contributed by atoms with Gasteiger partial charge in [-0.2, -0.15) is 0 Å². The smallest absolute Gasteiger partial charge is 0.354 e. The Kier molecular flexibility index (Phi) is 4.32. The van der Waals surface area contributed by atoms with E-state index in [1.165, 1.54) is 11.6 Å². The van der Waals surface area contributed by atoms with Crippen molar-refractivity contribution in [2.45, 2.75) is 19.3 Å². The Balaban J connectivity index is 1.60. The monoisotopic (exact) mass is 297 g/mol. The molecule has 0 amide bonds. The number of hydrogen-bond acceptors (Lipinski definition) is 4. The third-order valence-electron chi connectivity index (χ3n) is 4.14. The van der Waals surface area contributed by atoms with Crippen LogP contribution in [-0.2, 0) is 6.42 Å². The molecule has 1 aliphatic heterocycles. The van der Waals surface area contributed by atoms with Crippen LogP contribution in [0.25, 0.3) is 0 Å². The first-order chi connectivity index (χ1) is 10.7. The fourth-order valence-electron chi connectivity index (χ4n) is 2.94. The quantitative estimate of drug-likeness (QED) is 0.939. The van der Waals surface area contributed by atoms with Gasteiger partial charge in [0.15, 0.2) is 5.69 Å². The van der Waals surface area contributed by atoms with Gasteiger partial charge >= 0.3 is 5.97 Å². The van der Waals surface area contributed by atoms with Crippen molar-refractivity contribution in [2.75, 3.05) is 18.0 Å². The number of aromatic carboxylic acids is 1. The average Bonchev–Trinajstić information content (AvgIpc) is 2.56. The highest BCUT2D eigenvalue weighted by Crippen LogP contribution is 2.24. The van der Waals surface area contributed by atoms with Crippen LogP contribution in [-0.4, -0.2) is 34.1 Å². The molecule has 2 aromatic rings. The second kappa shape index (κ2) is 6.56. The van der Waals surface area contributed by atoms with Crippen molar-refractivity contribution in [3.05, 3.63) is 54.0 Å². The van der Waals surface area contributed by atoms with Crippen molar-refractivity contribution in [3.63, 3.8) is 0 Å². The van der Waals surface area contributed by atoms with Gasteiger partial charge in [-0.15, -0.1) is 0 Å². The largest absolute Gasteiger partial charge is 0.477 e. The van der Waals surface area contributed by atoms with Gasteiger partial charge in [-0.1, -0.05) is 12.1 Å². The van der Waals surface area contributed by atoms with Crippen LogP contribution >= 0.6 is 0 Å². The first-order valence-electron chi connectivity index (χ1n) is 7.56. The number of aromatic nitrogens is 2. The van der Waals surface area contributed by atoms with E-state index in [0.29, 0.717) is 5.92 Å². The summed E-state index contributed by atoms with van der Waals surface area (Å²) in [5, 5.41) is 9.03. The second-order valence-electron chi connectivity index (χ2n) is 5.68. The van der Waals surface area contributed by atoms with Crippen LogP contribution in [0.2, 0.25) is 0 Å². The summed E-state index contributed by atoms with van der Waals surface area (Å²) in [6.07, 6.45) is 6.98. The molecule has 0 atom stereocenters. The Morgan fingerprint density at radius 2 is 2.05 bits per heavy atom. The van der Waals surface area contributed by atoms with Gasteiger partial charge in [-0.05, 0) is 48.9 Å². The zero-order valence-corrected chi connectivity index (χ0v) is 12.4. The molecule has 0 spiro atoms. The van der Waals surface area contributed by atoms with E-state index in [0.717, 1.165) is 38.2 Å². The van der Waals surface area contributed by atoms with Crippen LogP contribution in [0.4, 0.5) is 5.82 Å². The summed E-state index contributed by atoms with van der Waals surface area (Å²) in [5.74, 6) is 0.441. The van der Waals surface area contributed by atoms with Gasteiger partial charge in [0.25, 0.3) is 0 Å². The van der Waals surface area contributed by atoms with Crippen LogP contribution in [0.15, 0.2) is 42.7 Å². The molecule has 1 saturated heterocycles. The van der Waals surface area contributed by atoms with Gasteiger partial charge < -0.3 is 10.0 Å². The van der Waals surface area contributed by atoms with Gasteiger partial charge in [0.05, 0.1) is 0 Å². The summed E-state index contributed by atoms with van der Waals surface area (Å²) < 4.78 is 0. The molecular formula is C17H19N3O2. The fourth-order valence-corrected chi connectivity index (χ4v) is 2.94. The van der Waals surface area contributed by atoms with Gasteiger partial charge in [0.2, 0.25) is 0 Å². The molecule has 0 bridgehead atoms. The topological polar surface area (TPSA) is 66.3 Å².